The number of benzene rings is 2. The van der Waals surface area contributed by atoms with Crippen molar-refractivity contribution in [2.24, 2.45) is 0 Å². The molecule has 2 aromatic carbocycles. The van der Waals surface area contributed by atoms with Crippen molar-refractivity contribution >= 4 is 29.2 Å². The van der Waals surface area contributed by atoms with Crippen LogP contribution in [0.2, 0.25) is 0 Å². The van der Waals surface area contributed by atoms with E-state index in [1.807, 2.05) is 12.1 Å². The largest absolute Gasteiger partial charge is 0.493 e. The molecular formula is C21H25NO8S2. The summed E-state index contributed by atoms with van der Waals surface area (Å²) in [5.74, 6) is 2.78. The minimum atomic E-state index is -0.500. The van der Waals surface area contributed by atoms with E-state index in [-0.39, 0.29) is 40.2 Å². The van der Waals surface area contributed by atoms with Crippen molar-refractivity contribution in [1.82, 2.24) is 0 Å². The zero-order chi connectivity index (χ0) is 23.3. The summed E-state index contributed by atoms with van der Waals surface area (Å²) in [7, 11) is 6.14. The second kappa shape index (κ2) is 10.9. The fourth-order valence-electron chi connectivity index (χ4n) is 3.36. The first-order chi connectivity index (χ1) is 15.5. The van der Waals surface area contributed by atoms with Crippen molar-refractivity contribution in [3.63, 3.8) is 0 Å². The summed E-state index contributed by atoms with van der Waals surface area (Å²) in [5.41, 5.74) is 1.59. The van der Waals surface area contributed by atoms with Crippen molar-refractivity contribution in [1.29, 1.82) is 0 Å². The maximum atomic E-state index is 11.7. The van der Waals surface area contributed by atoms with E-state index in [1.165, 1.54) is 13.2 Å². The first-order valence-corrected chi connectivity index (χ1v) is 11.6. The van der Waals surface area contributed by atoms with Gasteiger partial charge in [-0.2, -0.15) is 0 Å². The quantitative estimate of drug-likeness (QED) is 0.390. The lowest BCUT2D eigenvalue weighted by Gasteiger charge is -2.17. The minimum absolute atomic E-state index is 0.0180. The summed E-state index contributed by atoms with van der Waals surface area (Å²) >= 11 is 3.37. The van der Waals surface area contributed by atoms with Crippen LogP contribution in [-0.4, -0.2) is 57.4 Å². The lowest BCUT2D eigenvalue weighted by molar-refractivity contribution is -0.386. The summed E-state index contributed by atoms with van der Waals surface area (Å²) in [6, 6.07) is 7.12. The van der Waals surface area contributed by atoms with Crippen molar-refractivity contribution < 1.29 is 33.7 Å². The molecule has 32 heavy (non-hydrogen) atoms. The van der Waals surface area contributed by atoms with Crippen molar-refractivity contribution in [3.05, 3.63) is 45.5 Å². The number of nitro groups is 1. The van der Waals surface area contributed by atoms with Crippen molar-refractivity contribution in [2.45, 2.75) is 9.83 Å². The van der Waals surface area contributed by atoms with Gasteiger partial charge in [-0.1, -0.05) is 0 Å². The van der Waals surface area contributed by atoms with Gasteiger partial charge in [0, 0.05) is 17.1 Å². The number of aliphatic hydroxyl groups excluding tert-OH is 1. The predicted molar refractivity (Wildman–Crippen MR) is 124 cm³/mol. The fourth-order valence-corrected chi connectivity index (χ4v) is 6.62. The minimum Gasteiger partial charge on any atom is -0.493 e. The van der Waals surface area contributed by atoms with E-state index < -0.39 is 4.92 Å². The summed E-state index contributed by atoms with van der Waals surface area (Å²) in [6.45, 7) is -0.320. The summed E-state index contributed by atoms with van der Waals surface area (Å²) in [5, 5.41) is 20.8. The molecule has 11 heteroatoms. The molecule has 1 aliphatic heterocycles. The molecule has 0 radical (unpaired) electrons. The molecule has 174 valence electrons. The van der Waals surface area contributed by atoms with Gasteiger partial charge in [-0.25, -0.2) is 0 Å². The third-order valence-corrected chi connectivity index (χ3v) is 8.17. The smallest absolute Gasteiger partial charge is 0.315 e. The molecule has 0 aromatic heterocycles. The Morgan fingerprint density at radius 2 is 1.56 bits per heavy atom. The third-order valence-electron chi connectivity index (χ3n) is 4.83. The number of nitro benzene ring substituents is 1. The molecule has 1 aliphatic rings. The highest BCUT2D eigenvalue weighted by atomic mass is 32.2. The number of rotatable bonds is 10. The zero-order valence-electron chi connectivity index (χ0n) is 18.2. The van der Waals surface area contributed by atoms with E-state index in [0.717, 1.165) is 16.9 Å². The topological polar surface area (TPSA) is 110 Å². The summed E-state index contributed by atoms with van der Waals surface area (Å²) in [4.78, 5) is 11.2. The molecule has 1 fully saturated rings. The average molecular weight is 484 g/mol. The molecule has 0 aliphatic carbocycles. The maximum absolute atomic E-state index is 11.7. The molecule has 0 bridgehead atoms. The molecule has 0 spiro atoms. The highest BCUT2D eigenvalue weighted by molar-refractivity contribution is 8.19. The molecule has 1 saturated heterocycles. The van der Waals surface area contributed by atoms with Crippen molar-refractivity contribution in [2.75, 3.05) is 47.4 Å². The Labute approximate surface area is 194 Å². The Morgan fingerprint density at radius 3 is 2.09 bits per heavy atom. The first-order valence-electron chi connectivity index (χ1n) is 9.64. The van der Waals surface area contributed by atoms with Gasteiger partial charge in [-0.05, 0) is 29.3 Å². The Bertz CT molecular complexity index is 946. The molecule has 1 N–H and O–H groups in total. The Balaban J connectivity index is 1.91. The van der Waals surface area contributed by atoms with Gasteiger partial charge in [0.1, 0.15) is 6.61 Å². The highest BCUT2D eigenvalue weighted by Gasteiger charge is 2.33. The maximum Gasteiger partial charge on any atom is 0.315 e. The normalized spacial score (nSPS) is 17.7. The molecular weight excluding hydrogens is 458 g/mol. The lowest BCUT2D eigenvalue weighted by Crippen LogP contribution is -2.06. The van der Waals surface area contributed by atoms with Crippen LogP contribution in [0.4, 0.5) is 5.69 Å². The lowest BCUT2D eigenvalue weighted by atomic mass is 10.1. The monoisotopic (exact) mass is 483 g/mol. The van der Waals surface area contributed by atoms with Gasteiger partial charge in [0.15, 0.2) is 17.2 Å². The zero-order valence-corrected chi connectivity index (χ0v) is 19.8. The number of nitrogens with zero attached hydrogens (tertiary/aromatic N) is 1. The number of thioether (sulfide) groups is 2. The third kappa shape index (κ3) is 4.94. The summed E-state index contributed by atoms with van der Waals surface area (Å²) in [6.07, 6.45) is 0. The van der Waals surface area contributed by atoms with Crippen LogP contribution < -0.4 is 23.7 Å². The molecule has 2 aromatic rings. The van der Waals surface area contributed by atoms with Crippen LogP contribution in [0, 0.1) is 10.1 Å². The number of ether oxygens (including phenoxy) is 5. The van der Waals surface area contributed by atoms with Gasteiger partial charge < -0.3 is 28.8 Å². The average Bonchev–Trinajstić information content (AvgIpc) is 3.31. The van der Waals surface area contributed by atoms with Gasteiger partial charge in [0.05, 0.1) is 44.6 Å². The Kier molecular flexibility index (Phi) is 8.21. The van der Waals surface area contributed by atoms with Gasteiger partial charge in [-0.3, -0.25) is 10.1 Å². The molecule has 1 heterocycles. The van der Waals surface area contributed by atoms with E-state index in [1.54, 1.807) is 50.9 Å². The molecule has 9 nitrogen and oxygen atoms in total. The molecule has 0 saturated carbocycles. The number of hydrogen-bond donors (Lipinski definition) is 1. The van der Waals surface area contributed by atoms with E-state index >= 15 is 0 Å². The SMILES string of the molecule is COc1cc([C@@H]2CS[C@@H](c3cc(OC)c(OCCO)c([N+](=O)[O-])c3)S2)cc(OC)c1OC. The van der Waals surface area contributed by atoms with E-state index in [0.29, 0.717) is 17.2 Å². The summed E-state index contributed by atoms with van der Waals surface area (Å²) < 4.78 is 27.0. The fraction of sp³-hybridized carbons (Fsp3) is 0.429. The van der Waals surface area contributed by atoms with Crippen LogP contribution in [-0.2, 0) is 0 Å². The number of hydrogen-bond acceptors (Lipinski definition) is 10. The Morgan fingerprint density at radius 1 is 0.969 bits per heavy atom. The predicted octanol–water partition coefficient (Wildman–Crippen LogP) is 4.22. The van der Waals surface area contributed by atoms with E-state index in [9.17, 15) is 10.1 Å². The highest BCUT2D eigenvalue weighted by Crippen LogP contribution is 2.58. The number of aliphatic hydroxyl groups is 1. The molecule has 0 amide bonds. The van der Waals surface area contributed by atoms with Crippen LogP contribution in [0.15, 0.2) is 24.3 Å². The molecule has 3 rings (SSSR count). The first kappa shape index (κ1) is 24.1. The van der Waals surface area contributed by atoms with Crippen LogP contribution in [0.5, 0.6) is 28.7 Å². The van der Waals surface area contributed by atoms with Crippen LogP contribution in [0.25, 0.3) is 0 Å². The second-order valence-corrected chi connectivity index (χ2v) is 9.40. The standard InChI is InChI=1S/C21H25NO8S2/c1-26-15-10-13(7-14(22(24)25)19(15)30-6-5-23)21-31-11-18(32-21)12-8-16(27-2)20(29-4)17(9-12)28-3/h7-10,18,21,23H,5-6,11H2,1-4H3/t18-,21+/m0/s1. The van der Waals surface area contributed by atoms with Gasteiger partial charge in [0.25, 0.3) is 0 Å². The number of methoxy groups -OCH3 is 4. The molecule has 0 unspecified atom stereocenters. The second-order valence-electron chi connectivity index (χ2n) is 6.65. The Hall–Kier alpha value is -2.50. The van der Waals surface area contributed by atoms with Gasteiger partial charge >= 0.3 is 5.69 Å². The van der Waals surface area contributed by atoms with Gasteiger partial charge in [-0.15, -0.1) is 23.5 Å². The van der Waals surface area contributed by atoms with Crippen LogP contribution in [0.1, 0.15) is 21.0 Å². The van der Waals surface area contributed by atoms with Crippen LogP contribution >= 0.6 is 23.5 Å². The van der Waals surface area contributed by atoms with Crippen molar-refractivity contribution in [3.8, 4) is 28.7 Å². The van der Waals surface area contributed by atoms with E-state index in [2.05, 4.69) is 0 Å². The molecule has 2 atom stereocenters. The van der Waals surface area contributed by atoms with Gasteiger partial charge in [0.2, 0.25) is 11.5 Å². The van der Waals surface area contributed by atoms with E-state index in [4.69, 9.17) is 28.8 Å². The van der Waals surface area contributed by atoms with Crippen LogP contribution in [0.3, 0.4) is 0 Å².